The van der Waals surface area contributed by atoms with Crippen molar-refractivity contribution in [2.24, 2.45) is 0 Å². The van der Waals surface area contributed by atoms with Crippen molar-refractivity contribution in [3.05, 3.63) is 40.0 Å². The summed E-state index contributed by atoms with van der Waals surface area (Å²) in [7, 11) is 0. The Kier molecular flexibility index (Phi) is 6.24. The molecule has 0 fully saturated rings. The number of fused-ring (bicyclic) bond motifs is 2. The van der Waals surface area contributed by atoms with Crippen LogP contribution in [-0.2, 0) is 21.5 Å². The van der Waals surface area contributed by atoms with Gasteiger partial charge in [0.15, 0.2) is 11.5 Å². The number of carbonyl (C=O) groups excluding carboxylic acids is 1. The van der Waals surface area contributed by atoms with Crippen molar-refractivity contribution in [2.45, 2.75) is 50.2 Å². The largest absolute Gasteiger partial charge is 0.481 e. The van der Waals surface area contributed by atoms with E-state index in [-0.39, 0.29) is 50.5 Å². The van der Waals surface area contributed by atoms with E-state index in [1.54, 1.807) is 0 Å². The van der Waals surface area contributed by atoms with Gasteiger partial charge in [0.25, 0.3) is 0 Å². The molecule has 0 radical (unpaired) electrons. The van der Waals surface area contributed by atoms with E-state index in [2.05, 4.69) is 30.4 Å². The van der Waals surface area contributed by atoms with Crippen molar-refractivity contribution in [1.29, 1.82) is 0 Å². The van der Waals surface area contributed by atoms with E-state index in [4.69, 9.17) is 5.73 Å². The average Bonchev–Trinajstić information content (AvgIpc) is 3.57. The quantitative estimate of drug-likeness (QED) is 0.274. The second kappa shape index (κ2) is 9.14. The molecule has 40 heavy (non-hydrogen) atoms. The Morgan fingerprint density at radius 3 is 2.65 bits per heavy atom. The number of aromatic nitrogens is 6. The first-order valence-electron chi connectivity index (χ1n) is 11.6. The highest BCUT2D eigenvalue weighted by Crippen LogP contribution is 2.46. The highest BCUT2D eigenvalue weighted by atomic mass is 32.1. The molecule has 0 bridgehead atoms. The molecule has 4 aromatic heterocycles. The number of aliphatic carboxylic acids is 1. The summed E-state index contributed by atoms with van der Waals surface area (Å²) in [5.41, 5.74) is 5.30. The highest BCUT2D eigenvalue weighted by Gasteiger charge is 2.57. The van der Waals surface area contributed by atoms with Crippen LogP contribution in [0.15, 0.2) is 23.7 Å². The third-order valence-corrected chi connectivity index (χ3v) is 7.74. The predicted molar refractivity (Wildman–Crippen MR) is 132 cm³/mol. The Morgan fingerprint density at radius 1 is 1.25 bits per heavy atom. The van der Waals surface area contributed by atoms with Gasteiger partial charge in [-0.1, -0.05) is 0 Å². The van der Waals surface area contributed by atoms with Crippen molar-refractivity contribution in [3.8, 4) is 11.5 Å². The fraction of sp³-hybridized carbons (Fsp3) is 0.348. The summed E-state index contributed by atoms with van der Waals surface area (Å²) >= 11 is 1.07. The number of aryl methyl sites for hydroxylation is 1. The molecule has 1 aliphatic rings. The van der Waals surface area contributed by atoms with Crippen LogP contribution >= 0.6 is 11.3 Å². The molecule has 0 saturated carbocycles. The Morgan fingerprint density at radius 2 is 1.98 bits per heavy atom. The Balaban J connectivity index is 1.56. The summed E-state index contributed by atoms with van der Waals surface area (Å²) in [5.74, 6) is -7.74. The zero-order valence-corrected chi connectivity index (χ0v) is 21.4. The number of nitrogen functional groups attached to an aromatic ring is 1. The van der Waals surface area contributed by atoms with E-state index < -0.39 is 48.3 Å². The highest BCUT2D eigenvalue weighted by molar-refractivity contribution is 7.10. The maximum Gasteiger partial charge on any atom is 0.453 e. The van der Waals surface area contributed by atoms with Crippen LogP contribution in [0, 0.1) is 0 Å². The van der Waals surface area contributed by atoms with Gasteiger partial charge in [0.2, 0.25) is 5.91 Å². The number of nitrogens with two attached hydrogens (primary N) is 1. The average molecular weight is 583 g/mol. The minimum absolute atomic E-state index is 0.00240. The number of pyridine rings is 1. The second-order valence-electron chi connectivity index (χ2n) is 9.27. The molecule has 11 nitrogen and oxygen atoms in total. The molecule has 2 atom stereocenters. The van der Waals surface area contributed by atoms with Crippen LogP contribution in [0.2, 0.25) is 0 Å². The number of alkyl halides is 5. The monoisotopic (exact) mass is 582 g/mol. The lowest BCUT2D eigenvalue weighted by molar-refractivity contribution is -0.285. The number of halogens is 5. The van der Waals surface area contributed by atoms with Crippen molar-refractivity contribution >= 4 is 45.9 Å². The molecule has 0 spiro atoms. The van der Waals surface area contributed by atoms with E-state index in [1.807, 2.05) is 0 Å². The summed E-state index contributed by atoms with van der Waals surface area (Å²) in [6.07, 6.45) is -5.97. The van der Waals surface area contributed by atoms with Crippen molar-refractivity contribution < 1.29 is 36.6 Å². The summed E-state index contributed by atoms with van der Waals surface area (Å²) < 4.78 is 66.1. The lowest BCUT2D eigenvalue weighted by atomic mass is 9.85. The first kappa shape index (κ1) is 27.3. The normalized spacial score (nSPS) is 18.1. The number of anilines is 2. The summed E-state index contributed by atoms with van der Waals surface area (Å²) in [4.78, 5) is 41.6. The Bertz CT molecular complexity index is 1670. The van der Waals surface area contributed by atoms with E-state index in [0.717, 1.165) is 16.0 Å². The molecule has 5 rings (SSSR count). The van der Waals surface area contributed by atoms with E-state index in [0.29, 0.717) is 0 Å². The minimum Gasteiger partial charge on any atom is -0.481 e. The van der Waals surface area contributed by atoms with Crippen LogP contribution in [0.5, 0.6) is 0 Å². The second-order valence-corrected chi connectivity index (χ2v) is 10.1. The number of amides is 1. The summed E-state index contributed by atoms with van der Waals surface area (Å²) in [6, 6.07) is 3.02. The zero-order valence-electron chi connectivity index (χ0n) is 20.6. The molecule has 1 aliphatic heterocycles. The van der Waals surface area contributed by atoms with Gasteiger partial charge in [0.05, 0.1) is 22.6 Å². The molecule has 5 heterocycles. The lowest BCUT2D eigenvalue weighted by Crippen LogP contribution is -2.37. The van der Waals surface area contributed by atoms with Crippen molar-refractivity contribution in [2.75, 3.05) is 11.1 Å². The maximum absolute atomic E-state index is 13.6. The van der Waals surface area contributed by atoms with E-state index in [1.165, 1.54) is 37.6 Å². The van der Waals surface area contributed by atoms with Crippen LogP contribution in [0.4, 0.5) is 33.6 Å². The van der Waals surface area contributed by atoms with Crippen LogP contribution < -0.4 is 11.1 Å². The number of nitrogens with zero attached hydrogens (tertiary/aromatic N) is 6. The molecule has 0 saturated heterocycles. The van der Waals surface area contributed by atoms with Gasteiger partial charge in [-0.25, -0.2) is 24.6 Å². The van der Waals surface area contributed by atoms with Crippen LogP contribution in [0.1, 0.15) is 42.5 Å². The number of carboxylic acid groups (broad SMARTS) is 1. The van der Waals surface area contributed by atoms with Gasteiger partial charge in [0.1, 0.15) is 27.8 Å². The van der Waals surface area contributed by atoms with Gasteiger partial charge in [-0.15, -0.1) is 11.3 Å². The van der Waals surface area contributed by atoms with Gasteiger partial charge in [-0.2, -0.15) is 27.1 Å². The lowest BCUT2D eigenvalue weighted by Gasteiger charge is -2.20. The number of hydrogen-bond acceptors (Lipinski definition) is 9. The van der Waals surface area contributed by atoms with Crippen LogP contribution in [0.25, 0.3) is 22.6 Å². The number of thiazole rings is 1. The molecular formula is C23H19F5N8O3S. The predicted octanol–water partition coefficient (Wildman–Crippen LogP) is 3.96. The first-order chi connectivity index (χ1) is 18.6. The molecule has 17 heteroatoms. The molecule has 4 N–H and O–H groups in total. The number of carboxylic acids is 1. The number of carbonyl (C=O) groups is 2. The topological polar surface area (TPSA) is 162 Å². The standard InChI is InChI=1S/C23H19F5N8O3S/c1-9(18(37)38)11-8-40-20(31-11)21(2)12-14(29)32-16(33-15(12)34-19(21)39)13-10-4-3-6-30-17(10)36(35-13)7-5-22(24,25)23(26,27)28/h3-4,6,8-9H,5,7H2,1-2H3,(H,37,38)(H3,29,32,33,34,39). The molecular weight excluding hydrogens is 563 g/mol. The van der Waals surface area contributed by atoms with Crippen molar-refractivity contribution in [3.63, 3.8) is 0 Å². The van der Waals surface area contributed by atoms with Gasteiger partial charge in [0, 0.05) is 24.5 Å². The fourth-order valence-electron chi connectivity index (χ4n) is 4.28. The molecule has 4 aromatic rings. The third kappa shape index (κ3) is 4.20. The van der Waals surface area contributed by atoms with Crippen LogP contribution in [0.3, 0.4) is 0 Å². The molecule has 2 unspecified atom stereocenters. The summed E-state index contributed by atoms with van der Waals surface area (Å²) in [6.45, 7) is 2.19. The third-order valence-electron chi connectivity index (χ3n) is 6.66. The number of hydrogen-bond donors (Lipinski definition) is 3. The molecule has 0 aliphatic carbocycles. The van der Waals surface area contributed by atoms with Gasteiger partial charge < -0.3 is 16.2 Å². The molecule has 1 amide bonds. The van der Waals surface area contributed by atoms with Gasteiger partial charge in [-0.3, -0.25) is 9.59 Å². The summed E-state index contributed by atoms with van der Waals surface area (Å²) in [5, 5.41) is 18.1. The maximum atomic E-state index is 13.6. The minimum atomic E-state index is -5.72. The van der Waals surface area contributed by atoms with Gasteiger partial charge in [-0.05, 0) is 26.0 Å². The zero-order chi connectivity index (χ0) is 29.2. The van der Waals surface area contributed by atoms with E-state index >= 15 is 0 Å². The first-order valence-corrected chi connectivity index (χ1v) is 12.5. The Labute approximate surface area is 225 Å². The SMILES string of the molecule is CC(C(=O)O)c1csc(C2(C)C(=O)Nc3nc(-c4nn(CCC(F)(F)C(F)(F)F)c5ncccc45)nc(N)c32)n1. The number of rotatable bonds is 7. The van der Waals surface area contributed by atoms with E-state index in [9.17, 15) is 36.6 Å². The fourth-order valence-corrected chi connectivity index (χ4v) is 5.36. The van der Waals surface area contributed by atoms with Crippen LogP contribution in [-0.4, -0.2) is 58.8 Å². The van der Waals surface area contributed by atoms with Crippen molar-refractivity contribution in [1.82, 2.24) is 29.7 Å². The molecule has 210 valence electrons. The van der Waals surface area contributed by atoms with Gasteiger partial charge >= 0.3 is 18.1 Å². The molecule has 0 aromatic carbocycles. The number of nitrogens with one attached hydrogen (secondary N) is 1. The smallest absolute Gasteiger partial charge is 0.453 e. The Hall–Kier alpha value is -4.28.